The van der Waals surface area contributed by atoms with E-state index in [9.17, 15) is 0 Å². The van der Waals surface area contributed by atoms with E-state index in [0.717, 1.165) is 26.2 Å². The first-order valence-corrected chi connectivity index (χ1v) is 7.73. The first-order chi connectivity index (χ1) is 10.1. The van der Waals surface area contributed by atoms with E-state index in [0.29, 0.717) is 19.3 Å². The minimum atomic E-state index is 0.151. The fourth-order valence-corrected chi connectivity index (χ4v) is 2.84. The first kappa shape index (κ1) is 16.4. The largest absolute Gasteiger partial charge is 0.382 e. The average molecular weight is 292 g/mol. The van der Waals surface area contributed by atoms with Crippen molar-refractivity contribution < 1.29 is 9.47 Å². The van der Waals surface area contributed by atoms with E-state index in [4.69, 9.17) is 9.47 Å². The second kappa shape index (κ2) is 7.90. The van der Waals surface area contributed by atoms with Crippen LogP contribution in [0.2, 0.25) is 0 Å². The predicted molar refractivity (Wildman–Crippen MR) is 85.5 cm³/mol. The molecule has 2 rings (SSSR count). The van der Waals surface area contributed by atoms with Crippen LogP contribution in [0.5, 0.6) is 0 Å². The standard InChI is InChI=1S/C17H28N2O2/c1-17(2)14-19(9-10-21-12-11-20-3)16(13-18-17)15-7-5-4-6-8-15/h4-8,16,18H,9-14H2,1-3H3. The van der Waals surface area contributed by atoms with Gasteiger partial charge < -0.3 is 14.8 Å². The summed E-state index contributed by atoms with van der Waals surface area (Å²) in [6.45, 7) is 9.56. The molecule has 4 heteroatoms. The number of benzene rings is 1. The van der Waals surface area contributed by atoms with Crippen LogP contribution in [0.1, 0.15) is 25.5 Å². The van der Waals surface area contributed by atoms with Crippen LogP contribution in [0.15, 0.2) is 30.3 Å². The molecule has 1 unspecified atom stereocenters. The molecule has 0 radical (unpaired) electrons. The molecular formula is C17H28N2O2. The summed E-state index contributed by atoms with van der Waals surface area (Å²) in [5.41, 5.74) is 1.52. The maximum Gasteiger partial charge on any atom is 0.0700 e. The van der Waals surface area contributed by atoms with Crippen LogP contribution in [-0.2, 0) is 9.47 Å². The third-order valence-corrected chi connectivity index (χ3v) is 3.95. The lowest BCUT2D eigenvalue weighted by Gasteiger charge is -2.44. The van der Waals surface area contributed by atoms with Gasteiger partial charge in [0.05, 0.1) is 19.8 Å². The molecule has 1 saturated heterocycles. The van der Waals surface area contributed by atoms with Crippen LogP contribution in [0, 0.1) is 0 Å². The molecule has 0 amide bonds. The van der Waals surface area contributed by atoms with Gasteiger partial charge in [-0.25, -0.2) is 0 Å². The van der Waals surface area contributed by atoms with Gasteiger partial charge >= 0.3 is 0 Å². The molecule has 0 bridgehead atoms. The Kier molecular flexibility index (Phi) is 6.18. The molecule has 1 heterocycles. The summed E-state index contributed by atoms with van der Waals surface area (Å²) in [6.07, 6.45) is 0. The molecule has 1 N–H and O–H groups in total. The monoisotopic (exact) mass is 292 g/mol. The van der Waals surface area contributed by atoms with Gasteiger partial charge in [0.2, 0.25) is 0 Å². The van der Waals surface area contributed by atoms with Gasteiger partial charge in [-0.2, -0.15) is 0 Å². The zero-order valence-corrected chi connectivity index (χ0v) is 13.5. The normalized spacial score (nSPS) is 22.3. The zero-order chi connectivity index (χ0) is 15.1. The van der Waals surface area contributed by atoms with Crippen molar-refractivity contribution in [3.05, 3.63) is 35.9 Å². The van der Waals surface area contributed by atoms with Crippen LogP contribution in [0.3, 0.4) is 0 Å². The third kappa shape index (κ3) is 5.08. The van der Waals surface area contributed by atoms with Crippen LogP contribution < -0.4 is 5.32 Å². The summed E-state index contributed by atoms with van der Waals surface area (Å²) < 4.78 is 10.7. The average Bonchev–Trinajstić information content (AvgIpc) is 2.47. The number of nitrogens with zero attached hydrogens (tertiary/aromatic N) is 1. The summed E-state index contributed by atoms with van der Waals surface area (Å²) in [6, 6.07) is 11.1. The SMILES string of the molecule is COCCOCCN1CC(C)(C)NCC1c1ccccc1. The van der Waals surface area contributed by atoms with Crippen molar-refractivity contribution in [3.8, 4) is 0 Å². The van der Waals surface area contributed by atoms with E-state index >= 15 is 0 Å². The van der Waals surface area contributed by atoms with Crippen LogP contribution in [0.25, 0.3) is 0 Å². The van der Waals surface area contributed by atoms with Gasteiger partial charge in [0.25, 0.3) is 0 Å². The lowest BCUT2D eigenvalue weighted by molar-refractivity contribution is 0.0299. The van der Waals surface area contributed by atoms with Gasteiger partial charge in [-0.05, 0) is 19.4 Å². The second-order valence-electron chi connectivity index (χ2n) is 6.27. The summed E-state index contributed by atoms with van der Waals surface area (Å²) in [4.78, 5) is 2.53. The zero-order valence-electron chi connectivity index (χ0n) is 13.5. The quantitative estimate of drug-likeness (QED) is 0.780. The van der Waals surface area contributed by atoms with Crippen molar-refractivity contribution in [2.24, 2.45) is 0 Å². The maximum atomic E-state index is 5.64. The van der Waals surface area contributed by atoms with Gasteiger partial charge in [-0.1, -0.05) is 30.3 Å². The molecule has 21 heavy (non-hydrogen) atoms. The van der Waals surface area contributed by atoms with E-state index in [1.165, 1.54) is 5.56 Å². The summed E-state index contributed by atoms with van der Waals surface area (Å²) >= 11 is 0. The molecule has 0 saturated carbocycles. The van der Waals surface area contributed by atoms with Crippen LogP contribution in [-0.4, -0.2) is 57.0 Å². The molecule has 0 spiro atoms. The number of hydrogen-bond donors (Lipinski definition) is 1. The molecule has 4 nitrogen and oxygen atoms in total. The van der Waals surface area contributed by atoms with Crippen molar-refractivity contribution in [1.29, 1.82) is 0 Å². The van der Waals surface area contributed by atoms with Crippen molar-refractivity contribution >= 4 is 0 Å². The topological polar surface area (TPSA) is 33.7 Å². The van der Waals surface area contributed by atoms with Crippen molar-refractivity contribution in [2.75, 3.05) is 46.6 Å². The molecule has 1 aliphatic rings. The Labute approximate surface area is 128 Å². The predicted octanol–water partition coefficient (Wildman–Crippen LogP) is 2.07. The highest BCUT2D eigenvalue weighted by molar-refractivity contribution is 5.20. The fourth-order valence-electron chi connectivity index (χ4n) is 2.84. The molecule has 1 aromatic rings. The van der Waals surface area contributed by atoms with Gasteiger partial charge in [0, 0.05) is 38.3 Å². The van der Waals surface area contributed by atoms with E-state index in [-0.39, 0.29) is 5.54 Å². The van der Waals surface area contributed by atoms with Crippen molar-refractivity contribution in [2.45, 2.75) is 25.4 Å². The molecule has 1 fully saturated rings. The molecule has 1 aromatic carbocycles. The highest BCUT2D eigenvalue weighted by Gasteiger charge is 2.32. The Morgan fingerprint density at radius 3 is 2.67 bits per heavy atom. The molecule has 118 valence electrons. The Morgan fingerprint density at radius 2 is 1.95 bits per heavy atom. The number of nitrogens with one attached hydrogen (secondary N) is 1. The van der Waals surface area contributed by atoms with Crippen LogP contribution in [0.4, 0.5) is 0 Å². The van der Waals surface area contributed by atoms with Crippen molar-refractivity contribution in [3.63, 3.8) is 0 Å². The van der Waals surface area contributed by atoms with Gasteiger partial charge in [-0.15, -0.1) is 0 Å². The summed E-state index contributed by atoms with van der Waals surface area (Å²) in [7, 11) is 1.70. The number of piperazine rings is 1. The molecule has 0 aliphatic carbocycles. The smallest absolute Gasteiger partial charge is 0.0700 e. The molecule has 0 aromatic heterocycles. The lowest BCUT2D eigenvalue weighted by Crippen LogP contribution is -2.58. The third-order valence-electron chi connectivity index (χ3n) is 3.95. The Bertz CT molecular complexity index is 409. The van der Waals surface area contributed by atoms with E-state index in [2.05, 4.69) is 54.4 Å². The fraction of sp³-hybridized carbons (Fsp3) is 0.647. The number of ether oxygens (including phenoxy) is 2. The highest BCUT2D eigenvalue weighted by Crippen LogP contribution is 2.26. The van der Waals surface area contributed by atoms with E-state index in [1.807, 2.05) is 0 Å². The number of methoxy groups -OCH3 is 1. The molecule has 1 aliphatic heterocycles. The van der Waals surface area contributed by atoms with Gasteiger partial charge in [0.1, 0.15) is 0 Å². The lowest BCUT2D eigenvalue weighted by atomic mass is 9.95. The van der Waals surface area contributed by atoms with Crippen LogP contribution >= 0.6 is 0 Å². The highest BCUT2D eigenvalue weighted by atomic mass is 16.5. The summed E-state index contributed by atoms with van der Waals surface area (Å²) in [5, 5.41) is 3.65. The van der Waals surface area contributed by atoms with Gasteiger partial charge in [0.15, 0.2) is 0 Å². The molecule has 1 atom stereocenters. The Morgan fingerprint density at radius 1 is 1.19 bits per heavy atom. The Hall–Kier alpha value is -0.940. The second-order valence-corrected chi connectivity index (χ2v) is 6.27. The first-order valence-electron chi connectivity index (χ1n) is 7.73. The maximum absolute atomic E-state index is 5.64. The van der Waals surface area contributed by atoms with Gasteiger partial charge in [-0.3, -0.25) is 4.90 Å². The van der Waals surface area contributed by atoms with E-state index in [1.54, 1.807) is 7.11 Å². The number of rotatable bonds is 7. The number of hydrogen-bond acceptors (Lipinski definition) is 4. The minimum absolute atomic E-state index is 0.151. The molecular weight excluding hydrogens is 264 g/mol. The minimum Gasteiger partial charge on any atom is -0.382 e. The van der Waals surface area contributed by atoms with E-state index < -0.39 is 0 Å². The Balaban J connectivity index is 1.94. The summed E-state index contributed by atoms with van der Waals surface area (Å²) in [5.74, 6) is 0. The van der Waals surface area contributed by atoms with Crippen molar-refractivity contribution in [1.82, 2.24) is 10.2 Å².